The van der Waals surface area contributed by atoms with Crippen LogP contribution in [0.1, 0.15) is 26.7 Å². The van der Waals surface area contributed by atoms with Gasteiger partial charge in [-0.1, -0.05) is 12.1 Å². The summed E-state index contributed by atoms with van der Waals surface area (Å²) in [7, 11) is 0. The van der Waals surface area contributed by atoms with Crippen LogP contribution in [0.2, 0.25) is 0 Å². The van der Waals surface area contributed by atoms with Crippen molar-refractivity contribution in [1.29, 1.82) is 0 Å². The Hall–Kier alpha value is -2.27. The number of amides is 2. The Morgan fingerprint density at radius 1 is 1.08 bits per heavy atom. The van der Waals surface area contributed by atoms with Gasteiger partial charge in [0.1, 0.15) is 0 Å². The molecule has 0 radical (unpaired) electrons. The number of rotatable bonds is 1. The van der Waals surface area contributed by atoms with E-state index in [0.717, 1.165) is 23.6 Å². The van der Waals surface area contributed by atoms with Crippen LogP contribution in [0.15, 0.2) is 36.7 Å². The maximum absolute atomic E-state index is 13.2. The Morgan fingerprint density at radius 2 is 1.75 bits per heavy atom. The fourth-order valence-electron chi connectivity index (χ4n) is 5.01. The molecule has 5 heteroatoms. The monoisotopic (exact) mass is 322 g/mol. The van der Waals surface area contributed by atoms with E-state index < -0.39 is 11.2 Å². The normalized spacial score (nSPS) is 37.5. The highest BCUT2D eigenvalue weighted by Crippen LogP contribution is 2.61. The highest BCUT2D eigenvalue weighted by atomic mass is 16.5. The van der Waals surface area contributed by atoms with E-state index in [-0.39, 0.29) is 23.7 Å². The second kappa shape index (κ2) is 4.22. The highest BCUT2D eigenvalue weighted by Gasteiger charge is 2.72. The van der Waals surface area contributed by atoms with Gasteiger partial charge in [0.25, 0.3) is 0 Å². The van der Waals surface area contributed by atoms with Gasteiger partial charge in [-0.3, -0.25) is 14.6 Å². The molecular formula is C19H18N2O3. The molecule has 0 spiro atoms. The standard InChI is InChI=1S/C19H18N2O3/c1-18-7-8-19(2,24-18)15-14(18)16(22)21(17(15)23)13-5-3-4-11-10-20-9-6-12(11)13/h3-6,9-10,14-15H,7-8H2,1-2H3. The van der Waals surface area contributed by atoms with Crippen molar-refractivity contribution < 1.29 is 14.3 Å². The summed E-state index contributed by atoms with van der Waals surface area (Å²) < 4.78 is 6.15. The molecule has 3 aliphatic rings. The molecule has 3 saturated heterocycles. The summed E-state index contributed by atoms with van der Waals surface area (Å²) >= 11 is 0. The zero-order chi connectivity index (χ0) is 16.7. The number of anilines is 1. The first-order valence-electron chi connectivity index (χ1n) is 8.35. The summed E-state index contributed by atoms with van der Waals surface area (Å²) in [4.78, 5) is 31.9. The lowest BCUT2D eigenvalue weighted by Crippen LogP contribution is -2.40. The number of aromatic nitrogens is 1. The van der Waals surface area contributed by atoms with Crippen LogP contribution in [0.25, 0.3) is 10.8 Å². The molecule has 0 N–H and O–H groups in total. The van der Waals surface area contributed by atoms with Gasteiger partial charge in [-0.2, -0.15) is 0 Å². The fraction of sp³-hybridized carbons (Fsp3) is 0.421. The van der Waals surface area contributed by atoms with Gasteiger partial charge < -0.3 is 4.74 Å². The molecule has 5 nitrogen and oxygen atoms in total. The second-order valence-electron chi connectivity index (χ2n) is 7.57. The summed E-state index contributed by atoms with van der Waals surface area (Å²) in [6, 6.07) is 7.50. The number of ether oxygens (including phenoxy) is 1. The van der Waals surface area contributed by atoms with Crippen LogP contribution in [-0.2, 0) is 14.3 Å². The zero-order valence-corrected chi connectivity index (χ0v) is 13.7. The maximum Gasteiger partial charge on any atom is 0.240 e. The molecule has 2 amide bonds. The van der Waals surface area contributed by atoms with Crippen molar-refractivity contribution in [3.05, 3.63) is 36.7 Å². The zero-order valence-electron chi connectivity index (χ0n) is 13.7. The summed E-state index contributed by atoms with van der Waals surface area (Å²) in [6.07, 6.45) is 5.10. The van der Waals surface area contributed by atoms with E-state index in [1.165, 1.54) is 4.90 Å². The summed E-state index contributed by atoms with van der Waals surface area (Å²) in [6.45, 7) is 3.95. The van der Waals surface area contributed by atoms with Crippen molar-refractivity contribution in [3.8, 4) is 0 Å². The van der Waals surface area contributed by atoms with E-state index >= 15 is 0 Å². The first-order chi connectivity index (χ1) is 11.4. The smallest absolute Gasteiger partial charge is 0.240 e. The van der Waals surface area contributed by atoms with Gasteiger partial charge in [-0.15, -0.1) is 0 Å². The van der Waals surface area contributed by atoms with Crippen LogP contribution >= 0.6 is 0 Å². The third-order valence-electron chi connectivity index (χ3n) is 6.10. The van der Waals surface area contributed by atoms with Crippen molar-refractivity contribution in [2.75, 3.05) is 4.90 Å². The lowest BCUT2D eigenvalue weighted by atomic mass is 9.69. The first-order valence-corrected chi connectivity index (χ1v) is 8.35. The summed E-state index contributed by atoms with van der Waals surface area (Å²) in [5.74, 6) is -0.998. The molecular weight excluding hydrogens is 304 g/mol. The minimum atomic E-state index is -0.521. The number of nitrogens with zero attached hydrogens (tertiary/aromatic N) is 2. The molecule has 3 fully saturated rings. The molecule has 3 aliphatic heterocycles. The van der Waals surface area contributed by atoms with Crippen molar-refractivity contribution in [2.45, 2.75) is 37.9 Å². The van der Waals surface area contributed by atoms with Gasteiger partial charge in [-0.25, -0.2) is 4.90 Å². The molecule has 4 unspecified atom stereocenters. The largest absolute Gasteiger partial charge is 0.367 e. The number of carbonyl (C=O) groups is 2. The van der Waals surface area contributed by atoms with E-state index in [2.05, 4.69) is 4.98 Å². The van der Waals surface area contributed by atoms with Crippen molar-refractivity contribution >= 4 is 28.3 Å². The van der Waals surface area contributed by atoms with Crippen LogP contribution < -0.4 is 4.90 Å². The third kappa shape index (κ3) is 1.51. The van der Waals surface area contributed by atoms with E-state index in [1.54, 1.807) is 12.4 Å². The molecule has 1 aromatic carbocycles. The molecule has 1 aromatic heterocycles. The SMILES string of the molecule is CC12CCC(C)(O1)C1C(=O)N(c3cccc4cnccc34)C(=O)C12. The number of carbonyl (C=O) groups excluding carboxylic acids is 2. The Balaban J connectivity index is 1.69. The number of imide groups is 1. The first kappa shape index (κ1) is 14.1. The average Bonchev–Trinajstić information content (AvgIpc) is 3.11. The Bertz CT molecular complexity index is 871. The van der Waals surface area contributed by atoms with Crippen LogP contribution in [0.5, 0.6) is 0 Å². The Morgan fingerprint density at radius 3 is 2.42 bits per heavy atom. The minimum absolute atomic E-state index is 0.125. The van der Waals surface area contributed by atoms with Crippen molar-refractivity contribution in [1.82, 2.24) is 4.98 Å². The predicted molar refractivity (Wildman–Crippen MR) is 88.3 cm³/mol. The van der Waals surface area contributed by atoms with Gasteiger partial charge in [0.05, 0.1) is 28.7 Å². The van der Waals surface area contributed by atoms with Crippen molar-refractivity contribution in [3.63, 3.8) is 0 Å². The van der Waals surface area contributed by atoms with Crippen LogP contribution in [0.4, 0.5) is 5.69 Å². The quantitative estimate of drug-likeness (QED) is 0.758. The predicted octanol–water partition coefficient (Wildman–Crippen LogP) is 2.68. The lowest BCUT2D eigenvalue weighted by Gasteiger charge is -2.27. The summed E-state index contributed by atoms with van der Waals surface area (Å²) in [5.41, 5.74) is -0.383. The highest BCUT2D eigenvalue weighted by molar-refractivity contribution is 6.25. The second-order valence-corrected chi connectivity index (χ2v) is 7.57. The number of fused-ring (bicyclic) bond motifs is 6. The van der Waals surface area contributed by atoms with E-state index in [0.29, 0.717) is 5.69 Å². The molecule has 4 atom stereocenters. The topological polar surface area (TPSA) is 59.5 Å². The Kier molecular flexibility index (Phi) is 2.48. The Labute approximate surface area is 139 Å². The third-order valence-corrected chi connectivity index (χ3v) is 6.10. The maximum atomic E-state index is 13.2. The molecule has 2 bridgehead atoms. The van der Waals surface area contributed by atoms with Crippen LogP contribution in [-0.4, -0.2) is 28.0 Å². The fourth-order valence-corrected chi connectivity index (χ4v) is 5.01. The van der Waals surface area contributed by atoms with E-state index in [1.807, 2.05) is 38.1 Å². The van der Waals surface area contributed by atoms with Gasteiger partial charge in [-0.05, 0) is 38.8 Å². The van der Waals surface area contributed by atoms with E-state index in [4.69, 9.17) is 4.74 Å². The lowest BCUT2D eigenvalue weighted by molar-refractivity contribution is -0.129. The molecule has 4 heterocycles. The number of hydrogen-bond acceptors (Lipinski definition) is 4. The molecule has 5 rings (SSSR count). The van der Waals surface area contributed by atoms with Gasteiger partial charge in [0, 0.05) is 23.2 Å². The van der Waals surface area contributed by atoms with Crippen molar-refractivity contribution in [2.24, 2.45) is 11.8 Å². The molecule has 2 aromatic rings. The van der Waals surface area contributed by atoms with Crippen LogP contribution in [0.3, 0.4) is 0 Å². The van der Waals surface area contributed by atoms with Gasteiger partial charge in [0.15, 0.2) is 0 Å². The molecule has 122 valence electrons. The number of benzene rings is 1. The molecule has 24 heavy (non-hydrogen) atoms. The van der Waals surface area contributed by atoms with Gasteiger partial charge >= 0.3 is 0 Å². The average molecular weight is 322 g/mol. The van der Waals surface area contributed by atoms with Crippen LogP contribution in [0, 0.1) is 11.8 Å². The summed E-state index contributed by atoms with van der Waals surface area (Å²) in [5, 5.41) is 1.79. The van der Waals surface area contributed by atoms with E-state index in [9.17, 15) is 9.59 Å². The number of pyridine rings is 1. The molecule has 0 aliphatic carbocycles. The van der Waals surface area contributed by atoms with Gasteiger partial charge in [0.2, 0.25) is 11.8 Å². The molecule has 0 saturated carbocycles. The minimum Gasteiger partial charge on any atom is -0.367 e. The number of hydrogen-bond donors (Lipinski definition) is 0.